The van der Waals surface area contributed by atoms with Gasteiger partial charge in [0.05, 0.1) is 11.3 Å². The molecule has 3 heterocycles. The maximum atomic E-state index is 12.8. The van der Waals surface area contributed by atoms with E-state index in [0.29, 0.717) is 30.5 Å². The highest BCUT2D eigenvalue weighted by Gasteiger charge is 2.27. The quantitative estimate of drug-likeness (QED) is 0.778. The summed E-state index contributed by atoms with van der Waals surface area (Å²) in [5.41, 5.74) is 1.72. The molecule has 0 bridgehead atoms. The Morgan fingerprint density at radius 3 is 2.34 bits per heavy atom. The van der Waals surface area contributed by atoms with Gasteiger partial charge in [0.15, 0.2) is 5.82 Å². The van der Waals surface area contributed by atoms with Crippen LogP contribution in [0.2, 0.25) is 0 Å². The molecule has 29 heavy (non-hydrogen) atoms. The van der Waals surface area contributed by atoms with Crippen molar-refractivity contribution in [3.05, 3.63) is 41.7 Å². The van der Waals surface area contributed by atoms with Crippen molar-refractivity contribution in [1.82, 2.24) is 20.1 Å². The van der Waals surface area contributed by atoms with Gasteiger partial charge >= 0.3 is 0 Å². The minimum absolute atomic E-state index is 0.0275. The highest BCUT2D eigenvalue weighted by Crippen LogP contribution is 2.38. The Labute approximate surface area is 171 Å². The number of ether oxygens (including phenoxy) is 1. The van der Waals surface area contributed by atoms with Crippen molar-refractivity contribution < 1.29 is 9.53 Å². The van der Waals surface area contributed by atoms with Crippen LogP contribution < -0.4 is 9.64 Å². The summed E-state index contributed by atoms with van der Waals surface area (Å²) in [7, 11) is 0. The predicted molar refractivity (Wildman–Crippen MR) is 109 cm³/mol. The van der Waals surface area contributed by atoms with Crippen LogP contribution in [0, 0.1) is 0 Å². The minimum Gasteiger partial charge on any atom is -0.474 e. The molecule has 0 aromatic carbocycles. The number of hydrogen-bond acceptors (Lipinski definition) is 6. The number of pyridine rings is 1. The van der Waals surface area contributed by atoms with E-state index in [9.17, 15) is 4.79 Å². The van der Waals surface area contributed by atoms with Gasteiger partial charge in [-0.05, 0) is 56.7 Å². The molecule has 0 atom stereocenters. The maximum absolute atomic E-state index is 12.8. The van der Waals surface area contributed by atoms with E-state index >= 15 is 0 Å². The van der Waals surface area contributed by atoms with Gasteiger partial charge in [-0.2, -0.15) is 5.10 Å². The van der Waals surface area contributed by atoms with Crippen molar-refractivity contribution in [2.75, 3.05) is 31.1 Å². The summed E-state index contributed by atoms with van der Waals surface area (Å²) >= 11 is 0. The van der Waals surface area contributed by atoms with Gasteiger partial charge in [-0.15, -0.1) is 5.10 Å². The first-order valence-corrected chi connectivity index (χ1v) is 10.8. The van der Waals surface area contributed by atoms with Crippen LogP contribution in [0.4, 0.5) is 5.82 Å². The lowest BCUT2D eigenvalue weighted by Gasteiger charge is -2.35. The fourth-order valence-corrected chi connectivity index (χ4v) is 4.18. The number of amides is 1. The van der Waals surface area contributed by atoms with E-state index in [1.165, 1.54) is 25.7 Å². The van der Waals surface area contributed by atoms with Gasteiger partial charge in [0.1, 0.15) is 6.10 Å². The summed E-state index contributed by atoms with van der Waals surface area (Å²) in [5, 5.41) is 8.76. The van der Waals surface area contributed by atoms with E-state index in [2.05, 4.69) is 32.2 Å². The molecule has 0 spiro atoms. The maximum Gasteiger partial charge on any atom is 0.255 e. The average Bonchev–Trinajstić information content (AvgIpc) is 3.51. The molecule has 0 N–H and O–H groups in total. The molecule has 7 heteroatoms. The Morgan fingerprint density at radius 1 is 0.931 bits per heavy atom. The van der Waals surface area contributed by atoms with Crippen LogP contribution in [-0.2, 0) is 0 Å². The first kappa shape index (κ1) is 18.3. The number of piperazine rings is 1. The summed E-state index contributed by atoms with van der Waals surface area (Å²) in [6.45, 7) is 2.87. The van der Waals surface area contributed by atoms with Gasteiger partial charge in [0, 0.05) is 44.4 Å². The number of anilines is 1. The van der Waals surface area contributed by atoms with E-state index in [1.807, 2.05) is 17.0 Å². The van der Waals surface area contributed by atoms with Crippen molar-refractivity contribution in [1.29, 1.82) is 0 Å². The monoisotopic (exact) mass is 393 g/mol. The molecule has 2 aromatic heterocycles. The van der Waals surface area contributed by atoms with Crippen LogP contribution in [0.1, 0.15) is 60.5 Å². The Balaban J connectivity index is 1.15. The van der Waals surface area contributed by atoms with Gasteiger partial charge in [-0.25, -0.2) is 4.98 Å². The van der Waals surface area contributed by atoms with Gasteiger partial charge < -0.3 is 14.5 Å². The van der Waals surface area contributed by atoms with Gasteiger partial charge in [-0.1, -0.05) is 0 Å². The van der Waals surface area contributed by atoms with Crippen LogP contribution in [0.25, 0.3) is 0 Å². The molecule has 2 aliphatic carbocycles. The largest absolute Gasteiger partial charge is 0.474 e. The van der Waals surface area contributed by atoms with E-state index in [-0.39, 0.29) is 12.0 Å². The Bertz CT molecular complexity index is 837. The van der Waals surface area contributed by atoms with E-state index in [1.54, 1.807) is 6.20 Å². The Kier molecular flexibility index (Phi) is 5.04. The molecule has 2 aromatic rings. The highest BCUT2D eigenvalue weighted by molar-refractivity contribution is 5.94. The van der Waals surface area contributed by atoms with E-state index in [4.69, 9.17) is 4.74 Å². The molecule has 3 fully saturated rings. The number of hydrogen-bond donors (Lipinski definition) is 0. The van der Waals surface area contributed by atoms with Crippen molar-refractivity contribution in [3.63, 3.8) is 0 Å². The van der Waals surface area contributed by atoms with Crippen molar-refractivity contribution in [2.24, 2.45) is 0 Å². The number of carbonyl (C=O) groups excluding carboxylic acids is 1. The number of nitrogens with zero attached hydrogens (tertiary/aromatic N) is 5. The Morgan fingerprint density at radius 2 is 1.72 bits per heavy atom. The van der Waals surface area contributed by atoms with Gasteiger partial charge in [-0.3, -0.25) is 4.79 Å². The summed E-state index contributed by atoms with van der Waals surface area (Å²) in [5.74, 6) is 2.16. The molecule has 5 rings (SSSR count). The SMILES string of the molecule is O=C(c1ccc(OC2CCCC2)nc1)N1CCN(c2ccc(C3CC3)nn2)CC1. The smallest absolute Gasteiger partial charge is 0.255 e. The molecule has 7 nitrogen and oxygen atoms in total. The molecule has 1 amide bonds. The van der Waals surface area contributed by atoms with Crippen molar-refractivity contribution in [2.45, 2.75) is 50.5 Å². The molecule has 3 aliphatic rings. The topological polar surface area (TPSA) is 71.5 Å². The van der Waals surface area contributed by atoms with Crippen molar-refractivity contribution >= 4 is 11.7 Å². The molecular formula is C22H27N5O2. The fourth-order valence-electron chi connectivity index (χ4n) is 4.18. The lowest BCUT2D eigenvalue weighted by Crippen LogP contribution is -2.49. The second kappa shape index (κ2) is 7.97. The number of carbonyl (C=O) groups is 1. The summed E-state index contributed by atoms with van der Waals surface area (Å²) in [6.07, 6.45) is 9.03. The Hall–Kier alpha value is -2.70. The van der Waals surface area contributed by atoms with E-state index < -0.39 is 0 Å². The molecule has 0 unspecified atom stereocenters. The van der Waals surface area contributed by atoms with Crippen LogP contribution in [-0.4, -0.2) is 58.3 Å². The van der Waals surface area contributed by atoms with E-state index in [0.717, 1.165) is 37.4 Å². The third-order valence-electron chi connectivity index (χ3n) is 6.13. The highest BCUT2D eigenvalue weighted by atomic mass is 16.5. The zero-order chi connectivity index (χ0) is 19.6. The van der Waals surface area contributed by atoms with Gasteiger partial charge in [0.2, 0.25) is 5.88 Å². The number of aromatic nitrogens is 3. The van der Waals surface area contributed by atoms with Crippen LogP contribution >= 0.6 is 0 Å². The third-order valence-corrected chi connectivity index (χ3v) is 6.13. The average molecular weight is 393 g/mol. The molecule has 0 radical (unpaired) electrons. The van der Waals surface area contributed by atoms with Gasteiger partial charge in [0.25, 0.3) is 5.91 Å². The third kappa shape index (κ3) is 4.18. The second-order valence-corrected chi connectivity index (χ2v) is 8.28. The lowest BCUT2D eigenvalue weighted by molar-refractivity contribution is 0.0746. The predicted octanol–water partition coefficient (Wildman–Crippen LogP) is 3.03. The van der Waals surface area contributed by atoms with Crippen LogP contribution in [0.5, 0.6) is 5.88 Å². The first-order valence-electron chi connectivity index (χ1n) is 10.8. The molecule has 2 saturated carbocycles. The lowest BCUT2D eigenvalue weighted by atomic mass is 10.2. The standard InChI is InChI=1S/C22H27N5O2/c28-22(17-7-10-21(23-15-17)29-18-3-1-2-4-18)27-13-11-26(12-14-27)20-9-8-19(24-25-20)16-5-6-16/h7-10,15-16,18H,1-6,11-14H2. The number of rotatable bonds is 5. The van der Waals surface area contributed by atoms with Crippen LogP contribution in [0.3, 0.4) is 0 Å². The van der Waals surface area contributed by atoms with Crippen molar-refractivity contribution in [3.8, 4) is 5.88 Å². The summed E-state index contributed by atoms with van der Waals surface area (Å²) in [4.78, 5) is 21.3. The normalized spacial score (nSPS) is 20.1. The second-order valence-electron chi connectivity index (χ2n) is 8.28. The minimum atomic E-state index is 0.0275. The zero-order valence-corrected chi connectivity index (χ0v) is 16.7. The molecular weight excluding hydrogens is 366 g/mol. The first-order chi connectivity index (χ1) is 14.3. The fraction of sp³-hybridized carbons (Fsp3) is 0.545. The molecule has 1 aliphatic heterocycles. The summed E-state index contributed by atoms with van der Waals surface area (Å²) < 4.78 is 5.89. The summed E-state index contributed by atoms with van der Waals surface area (Å²) in [6, 6.07) is 7.80. The molecule has 1 saturated heterocycles. The van der Waals surface area contributed by atoms with Crippen LogP contribution in [0.15, 0.2) is 30.5 Å². The zero-order valence-electron chi connectivity index (χ0n) is 16.7. The molecule has 152 valence electrons.